The summed E-state index contributed by atoms with van der Waals surface area (Å²) >= 11 is 0. The molecule has 2 rings (SSSR count). The molecule has 114 valence electrons. The van der Waals surface area contributed by atoms with Gasteiger partial charge in [-0.25, -0.2) is 18.6 Å². The Balaban J connectivity index is 2.77. The van der Waals surface area contributed by atoms with E-state index in [0.717, 1.165) is 25.0 Å². The van der Waals surface area contributed by atoms with E-state index in [0.29, 0.717) is 11.3 Å². The van der Waals surface area contributed by atoms with Crippen molar-refractivity contribution in [2.45, 2.75) is 45.6 Å². The van der Waals surface area contributed by atoms with E-state index in [4.69, 9.17) is 0 Å². The summed E-state index contributed by atoms with van der Waals surface area (Å²) in [6, 6.07) is 1.14. The molecular weight excluding hydrogens is 278 g/mol. The second kappa shape index (κ2) is 5.79. The van der Waals surface area contributed by atoms with Gasteiger partial charge >= 0.3 is 5.97 Å². The summed E-state index contributed by atoms with van der Waals surface area (Å²) in [5.41, 5.74) is 0.592. The number of rotatable bonds is 5. The summed E-state index contributed by atoms with van der Waals surface area (Å²) in [5.74, 6) is -2.41. The standard InChI is InChI=1S/C15H18F2N2O2/c1-4-9(5-2)14-18-12-6-10(16)11(17)7-13(12)19(14)8(3)15(20)21/h6-9H,4-5H2,1-3H3,(H,20,21). The molecule has 0 amide bonds. The summed E-state index contributed by atoms with van der Waals surface area (Å²) in [6.45, 7) is 5.46. The van der Waals surface area contributed by atoms with Gasteiger partial charge < -0.3 is 9.67 Å². The first kappa shape index (κ1) is 15.4. The number of benzene rings is 1. The van der Waals surface area contributed by atoms with E-state index in [2.05, 4.69) is 4.98 Å². The van der Waals surface area contributed by atoms with Gasteiger partial charge in [0, 0.05) is 18.1 Å². The van der Waals surface area contributed by atoms with E-state index < -0.39 is 23.6 Å². The third kappa shape index (κ3) is 2.62. The number of nitrogens with zero attached hydrogens (tertiary/aromatic N) is 2. The largest absolute Gasteiger partial charge is 0.480 e. The van der Waals surface area contributed by atoms with E-state index in [1.807, 2.05) is 13.8 Å². The highest BCUT2D eigenvalue weighted by Crippen LogP contribution is 2.30. The van der Waals surface area contributed by atoms with Crippen molar-refractivity contribution in [3.8, 4) is 0 Å². The maximum atomic E-state index is 13.5. The van der Waals surface area contributed by atoms with Crippen LogP contribution in [0.3, 0.4) is 0 Å². The maximum Gasteiger partial charge on any atom is 0.326 e. The Morgan fingerprint density at radius 2 is 1.86 bits per heavy atom. The van der Waals surface area contributed by atoms with Crippen molar-refractivity contribution in [2.75, 3.05) is 0 Å². The Morgan fingerprint density at radius 3 is 2.38 bits per heavy atom. The minimum Gasteiger partial charge on any atom is -0.480 e. The predicted octanol–water partition coefficient (Wildman–Crippen LogP) is 3.86. The third-order valence-corrected chi connectivity index (χ3v) is 3.85. The van der Waals surface area contributed by atoms with Crippen LogP contribution in [0.4, 0.5) is 8.78 Å². The zero-order valence-corrected chi connectivity index (χ0v) is 12.2. The first-order valence-corrected chi connectivity index (χ1v) is 7.00. The number of halogens is 2. The minimum atomic E-state index is -1.04. The Kier molecular flexibility index (Phi) is 4.25. The molecule has 1 aromatic carbocycles. The summed E-state index contributed by atoms with van der Waals surface area (Å²) in [7, 11) is 0. The molecule has 0 aliphatic heterocycles. The highest BCUT2D eigenvalue weighted by molar-refractivity contribution is 5.80. The lowest BCUT2D eigenvalue weighted by molar-refractivity contribution is -0.140. The van der Waals surface area contributed by atoms with Crippen LogP contribution in [0.15, 0.2) is 12.1 Å². The fourth-order valence-corrected chi connectivity index (χ4v) is 2.57. The maximum absolute atomic E-state index is 13.5. The smallest absolute Gasteiger partial charge is 0.326 e. The molecule has 21 heavy (non-hydrogen) atoms. The molecule has 0 radical (unpaired) electrons. The number of carboxylic acid groups (broad SMARTS) is 1. The second-order valence-corrected chi connectivity index (χ2v) is 5.12. The summed E-state index contributed by atoms with van der Waals surface area (Å²) < 4.78 is 28.4. The van der Waals surface area contributed by atoms with Crippen molar-refractivity contribution < 1.29 is 18.7 Å². The van der Waals surface area contributed by atoms with Crippen molar-refractivity contribution in [2.24, 2.45) is 0 Å². The van der Waals surface area contributed by atoms with Gasteiger partial charge in [0.05, 0.1) is 11.0 Å². The van der Waals surface area contributed by atoms with Crippen LogP contribution in [0.2, 0.25) is 0 Å². The van der Waals surface area contributed by atoms with E-state index in [9.17, 15) is 18.7 Å². The molecule has 0 aliphatic carbocycles. The molecule has 0 saturated carbocycles. The summed E-state index contributed by atoms with van der Waals surface area (Å²) in [4.78, 5) is 15.7. The van der Waals surface area contributed by atoms with E-state index >= 15 is 0 Å². The van der Waals surface area contributed by atoms with Gasteiger partial charge in [0.2, 0.25) is 0 Å². The molecule has 0 aliphatic rings. The zero-order chi connectivity index (χ0) is 15.7. The van der Waals surface area contributed by atoms with E-state index in [1.54, 1.807) is 0 Å². The van der Waals surface area contributed by atoms with Crippen LogP contribution in [0, 0.1) is 11.6 Å². The van der Waals surface area contributed by atoms with Gasteiger partial charge in [-0.3, -0.25) is 0 Å². The number of carboxylic acids is 1. The molecule has 4 nitrogen and oxygen atoms in total. The Morgan fingerprint density at radius 1 is 1.29 bits per heavy atom. The van der Waals surface area contributed by atoms with Crippen LogP contribution >= 0.6 is 0 Å². The Bertz CT molecular complexity index is 678. The predicted molar refractivity (Wildman–Crippen MR) is 75.3 cm³/mol. The van der Waals surface area contributed by atoms with Crippen molar-refractivity contribution >= 4 is 17.0 Å². The van der Waals surface area contributed by atoms with Crippen molar-refractivity contribution in [3.63, 3.8) is 0 Å². The van der Waals surface area contributed by atoms with Crippen molar-refractivity contribution in [1.82, 2.24) is 9.55 Å². The van der Waals surface area contributed by atoms with Crippen LogP contribution in [-0.2, 0) is 4.79 Å². The number of hydrogen-bond donors (Lipinski definition) is 1. The van der Waals surface area contributed by atoms with Gasteiger partial charge in [-0.15, -0.1) is 0 Å². The number of imidazole rings is 1. The lowest BCUT2D eigenvalue weighted by Crippen LogP contribution is -2.19. The molecule has 0 fully saturated rings. The molecule has 1 unspecified atom stereocenters. The third-order valence-electron chi connectivity index (χ3n) is 3.85. The SMILES string of the molecule is CCC(CC)c1nc2cc(F)c(F)cc2n1C(C)C(=O)O. The van der Waals surface area contributed by atoms with Crippen LogP contribution < -0.4 is 0 Å². The Hall–Kier alpha value is -1.98. The fraction of sp³-hybridized carbons (Fsp3) is 0.467. The highest BCUT2D eigenvalue weighted by atomic mass is 19.2. The Labute approximate surface area is 121 Å². The van der Waals surface area contributed by atoms with Crippen LogP contribution in [0.1, 0.15) is 51.4 Å². The summed E-state index contributed by atoms with van der Waals surface area (Å²) in [5, 5.41) is 9.27. The van der Waals surface area contributed by atoms with Gasteiger partial charge in [-0.2, -0.15) is 0 Å². The first-order chi connectivity index (χ1) is 9.90. The number of carbonyl (C=O) groups is 1. The molecule has 0 spiro atoms. The molecule has 1 N–H and O–H groups in total. The second-order valence-electron chi connectivity index (χ2n) is 5.12. The molecular formula is C15H18F2N2O2. The normalized spacial score (nSPS) is 13.0. The van der Waals surface area contributed by atoms with Crippen LogP contribution in [0.25, 0.3) is 11.0 Å². The number of fused-ring (bicyclic) bond motifs is 1. The van der Waals surface area contributed by atoms with Crippen molar-refractivity contribution in [3.05, 3.63) is 29.6 Å². The number of hydrogen-bond acceptors (Lipinski definition) is 2. The first-order valence-electron chi connectivity index (χ1n) is 7.00. The molecule has 0 saturated heterocycles. The van der Waals surface area contributed by atoms with Gasteiger partial charge in [0.25, 0.3) is 0 Å². The average molecular weight is 296 g/mol. The molecule has 1 atom stereocenters. The van der Waals surface area contributed by atoms with Crippen LogP contribution in [0.5, 0.6) is 0 Å². The van der Waals surface area contributed by atoms with Gasteiger partial charge in [-0.1, -0.05) is 13.8 Å². The molecule has 1 aromatic heterocycles. The minimum absolute atomic E-state index is 0.0466. The van der Waals surface area contributed by atoms with Gasteiger partial charge in [0.1, 0.15) is 11.9 Å². The zero-order valence-electron chi connectivity index (χ0n) is 12.2. The summed E-state index contributed by atoms with van der Waals surface area (Å²) in [6.07, 6.45) is 1.55. The number of aromatic nitrogens is 2. The van der Waals surface area contributed by atoms with Gasteiger partial charge in [-0.05, 0) is 19.8 Å². The monoisotopic (exact) mass is 296 g/mol. The van der Waals surface area contributed by atoms with E-state index in [1.165, 1.54) is 11.5 Å². The lowest BCUT2D eigenvalue weighted by atomic mass is 10.0. The topological polar surface area (TPSA) is 55.1 Å². The van der Waals surface area contributed by atoms with Gasteiger partial charge in [0.15, 0.2) is 11.6 Å². The average Bonchev–Trinajstić information content (AvgIpc) is 2.78. The molecule has 6 heteroatoms. The molecule has 0 bridgehead atoms. The van der Waals surface area contributed by atoms with Crippen LogP contribution in [-0.4, -0.2) is 20.6 Å². The molecule has 2 aromatic rings. The van der Waals surface area contributed by atoms with E-state index in [-0.39, 0.29) is 11.4 Å². The fourth-order valence-electron chi connectivity index (χ4n) is 2.57. The lowest BCUT2D eigenvalue weighted by Gasteiger charge is -2.18. The number of aliphatic carboxylic acids is 1. The molecule has 1 heterocycles. The van der Waals surface area contributed by atoms with Crippen molar-refractivity contribution in [1.29, 1.82) is 0 Å². The quantitative estimate of drug-likeness (QED) is 0.911. The highest BCUT2D eigenvalue weighted by Gasteiger charge is 2.25.